The maximum Gasteiger partial charge on any atom is 0.129 e. The Hall–Kier alpha value is -2.07. The molecule has 0 N–H and O–H groups in total. The first-order valence-electron chi connectivity index (χ1n) is 8.28. The van der Waals surface area contributed by atoms with E-state index in [9.17, 15) is 0 Å². The number of allylic oxidation sites excluding steroid dienone is 1. The number of fused-ring (bicyclic) bond motifs is 1. The number of likely N-dealkylation sites (N-methyl/N-ethyl adjacent to an activating group) is 1. The number of nitrogens with zero attached hydrogens (tertiary/aromatic N) is 2. The van der Waals surface area contributed by atoms with Crippen LogP contribution in [0.1, 0.15) is 31.9 Å². The van der Waals surface area contributed by atoms with Gasteiger partial charge in [-0.3, -0.25) is 4.99 Å². The number of para-hydroxylation sites is 1. The first-order valence-corrected chi connectivity index (χ1v) is 9.07. The summed E-state index contributed by atoms with van der Waals surface area (Å²) in [5.74, 6) is 0.826. The van der Waals surface area contributed by atoms with Crippen molar-refractivity contribution in [3.05, 3.63) is 58.1 Å². The normalized spacial score (nSPS) is 15.9. The maximum absolute atomic E-state index is 5.63. The molecule has 0 bridgehead atoms. The Bertz CT molecular complexity index is 868. The molecule has 1 aliphatic rings. The van der Waals surface area contributed by atoms with E-state index in [1.54, 1.807) is 7.11 Å². The van der Waals surface area contributed by atoms with E-state index in [-0.39, 0.29) is 5.54 Å². The number of anilines is 1. The predicted octanol–water partition coefficient (Wildman–Crippen LogP) is 5.84. The largest absolute Gasteiger partial charge is 0.496 e. The molecule has 0 radical (unpaired) electrons. The van der Waals surface area contributed by atoms with E-state index in [4.69, 9.17) is 4.74 Å². The molecule has 0 aromatic heterocycles. The van der Waals surface area contributed by atoms with E-state index in [1.165, 1.54) is 16.8 Å². The first kappa shape index (κ1) is 17.7. The summed E-state index contributed by atoms with van der Waals surface area (Å²) in [5.41, 5.74) is 5.52. The van der Waals surface area contributed by atoms with E-state index in [0.717, 1.165) is 21.5 Å². The lowest BCUT2D eigenvalue weighted by Gasteiger charge is -2.40. The van der Waals surface area contributed by atoms with Gasteiger partial charge in [0.1, 0.15) is 5.75 Å². The fraction of sp³-hybridized carbons (Fsp3) is 0.286. The Balaban J connectivity index is 2.08. The fourth-order valence-corrected chi connectivity index (χ4v) is 3.55. The molecule has 25 heavy (non-hydrogen) atoms. The Morgan fingerprint density at radius 1 is 1.20 bits per heavy atom. The molecule has 2 aromatic rings. The summed E-state index contributed by atoms with van der Waals surface area (Å²) in [4.78, 5) is 6.91. The van der Waals surface area contributed by atoms with Crippen LogP contribution < -0.4 is 9.64 Å². The molecule has 0 unspecified atom stereocenters. The van der Waals surface area contributed by atoms with Gasteiger partial charge in [0, 0.05) is 40.6 Å². The quantitative estimate of drug-likeness (QED) is 0.606. The zero-order chi connectivity index (χ0) is 18.2. The van der Waals surface area contributed by atoms with Gasteiger partial charge in [-0.15, -0.1) is 0 Å². The molecule has 0 aliphatic carbocycles. The standard InChI is InChI=1S/C21H23BrN2O/c1-14-12-21(2,3)24(4)19-11-20(25-5)15(10-16(14)19)13-23-18-9-7-6-8-17(18)22/h6-13H,1-5H3. The van der Waals surface area contributed by atoms with Crippen LogP contribution in [0.4, 0.5) is 11.4 Å². The molecular formula is C21H23BrN2O. The molecule has 3 nitrogen and oxygen atoms in total. The highest BCUT2D eigenvalue weighted by Gasteiger charge is 2.29. The number of hydrogen-bond acceptors (Lipinski definition) is 3. The lowest BCUT2D eigenvalue weighted by molar-refractivity contribution is 0.414. The van der Waals surface area contributed by atoms with Gasteiger partial charge >= 0.3 is 0 Å². The highest BCUT2D eigenvalue weighted by atomic mass is 79.9. The smallest absolute Gasteiger partial charge is 0.129 e. The van der Waals surface area contributed by atoms with E-state index in [0.29, 0.717) is 0 Å². The molecule has 0 fully saturated rings. The molecule has 1 heterocycles. The van der Waals surface area contributed by atoms with E-state index >= 15 is 0 Å². The monoisotopic (exact) mass is 398 g/mol. The average molecular weight is 399 g/mol. The Morgan fingerprint density at radius 3 is 2.60 bits per heavy atom. The highest BCUT2D eigenvalue weighted by molar-refractivity contribution is 9.10. The minimum atomic E-state index is -0.0212. The molecule has 130 valence electrons. The van der Waals surface area contributed by atoms with Gasteiger partial charge in [-0.25, -0.2) is 0 Å². The number of aliphatic imine (C=N–C) groups is 1. The molecular weight excluding hydrogens is 376 g/mol. The van der Waals surface area contributed by atoms with Gasteiger partial charge in [0.15, 0.2) is 0 Å². The minimum Gasteiger partial charge on any atom is -0.496 e. The van der Waals surface area contributed by atoms with Crippen LogP contribution in [-0.4, -0.2) is 25.9 Å². The van der Waals surface area contributed by atoms with Crippen molar-refractivity contribution in [2.24, 2.45) is 4.99 Å². The van der Waals surface area contributed by atoms with Crippen LogP contribution in [0.5, 0.6) is 5.75 Å². The number of rotatable bonds is 3. The van der Waals surface area contributed by atoms with Gasteiger partial charge in [-0.05, 0) is 60.5 Å². The van der Waals surface area contributed by atoms with Gasteiger partial charge in [0.05, 0.1) is 18.3 Å². The molecule has 0 saturated heterocycles. The van der Waals surface area contributed by atoms with Gasteiger partial charge in [-0.2, -0.15) is 0 Å². The third kappa shape index (κ3) is 3.36. The second kappa shape index (κ2) is 6.68. The van der Waals surface area contributed by atoms with Gasteiger partial charge in [0.25, 0.3) is 0 Å². The molecule has 0 amide bonds. The second-order valence-electron chi connectivity index (χ2n) is 6.86. The lowest BCUT2D eigenvalue weighted by atomic mass is 9.88. The summed E-state index contributed by atoms with van der Waals surface area (Å²) in [6.45, 7) is 6.59. The van der Waals surface area contributed by atoms with Crippen LogP contribution in [-0.2, 0) is 0 Å². The van der Waals surface area contributed by atoms with Crippen molar-refractivity contribution in [1.29, 1.82) is 0 Å². The topological polar surface area (TPSA) is 24.8 Å². The molecule has 0 saturated carbocycles. The van der Waals surface area contributed by atoms with Crippen LogP contribution >= 0.6 is 15.9 Å². The number of methoxy groups -OCH3 is 1. The summed E-state index contributed by atoms with van der Waals surface area (Å²) in [6, 6.07) is 12.2. The van der Waals surface area contributed by atoms with Crippen LogP contribution in [0.25, 0.3) is 5.57 Å². The van der Waals surface area contributed by atoms with Gasteiger partial charge < -0.3 is 9.64 Å². The summed E-state index contributed by atoms with van der Waals surface area (Å²) < 4.78 is 6.61. The summed E-state index contributed by atoms with van der Waals surface area (Å²) in [6.07, 6.45) is 4.17. The summed E-state index contributed by atoms with van der Waals surface area (Å²) in [7, 11) is 3.82. The van der Waals surface area contributed by atoms with Crippen molar-refractivity contribution >= 4 is 39.1 Å². The summed E-state index contributed by atoms with van der Waals surface area (Å²) >= 11 is 3.53. The van der Waals surface area contributed by atoms with Crippen molar-refractivity contribution in [3.63, 3.8) is 0 Å². The predicted molar refractivity (Wildman–Crippen MR) is 111 cm³/mol. The van der Waals surface area contributed by atoms with Crippen molar-refractivity contribution in [2.75, 3.05) is 19.1 Å². The third-order valence-corrected chi connectivity index (χ3v) is 5.43. The molecule has 3 rings (SSSR count). The SMILES string of the molecule is COc1cc2c(cc1C=Nc1ccccc1Br)C(C)=CC(C)(C)N2C. The van der Waals surface area contributed by atoms with Crippen molar-refractivity contribution < 1.29 is 4.74 Å². The van der Waals surface area contributed by atoms with E-state index < -0.39 is 0 Å². The van der Waals surface area contributed by atoms with Crippen molar-refractivity contribution in [2.45, 2.75) is 26.3 Å². The summed E-state index contributed by atoms with van der Waals surface area (Å²) in [5, 5.41) is 0. The Kier molecular flexibility index (Phi) is 4.74. The zero-order valence-corrected chi connectivity index (χ0v) is 16.9. The number of benzene rings is 2. The highest BCUT2D eigenvalue weighted by Crippen LogP contribution is 2.41. The van der Waals surface area contributed by atoms with E-state index in [1.807, 2.05) is 30.5 Å². The van der Waals surface area contributed by atoms with Gasteiger partial charge in [-0.1, -0.05) is 18.2 Å². The minimum absolute atomic E-state index is 0.0212. The van der Waals surface area contributed by atoms with Crippen LogP contribution in [0.3, 0.4) is 0 Å². The average Bonchev–Trinajstić information content (AvgIpc) is 2.58. The van der Waals surface area contributed by atoms with Crippen LogP contribution in [0, 0.1) is 0 Å². The van der Waals surface area contributed by atoms with Crippen molar-refractivity contribution in [1.82, 2.24) is 0 Å². The number of hydrogen-bond donors (Lipinski definition) is 0. The fourth-order valence-electron chi connectivity index (χ4n) is 3.17. The first-order chi connectivity index (χ1) is 11.8. The van der Waals surface area contributed by atoms with Crippen molar-refractivity contribution in [3.8, 4) is 5.75 Å². The van der Waals surface area contributed by atoms with Gasteiger partial charge in [0.2, 0.25) is 0 Å². The molecule has 1 aliphatic heterocycles. The van der Waals surface area contributed by atoms with Crippen LogP contribution in [0.15, 0.2) is 51.9 Å². The molecule has 0 spiro atoms. The molecule has 2 aromatic carbocycles. The Morgan fingerprint density at radius 2 is 1.92 bits per heavy atom. The van der Waals surface area contributed by atoms with Crippen LogP contribution in [0.2, 0.25) is 0 Å². The number of ether oxygens (including phenoxy) is 1. The lowest BCUT2D eigenvalue weighted by Crippen LogP contribution is -2.42. The van der Waals surface area contributed by atoms with E-state index in [2.05, 4.69) is 71.8 Å². The molecule has 4 heteroatoms. The Labute approximate surface area is 158 Å². The number of halogens is 1. The third-order valence-electron chi connectivity index (χ3n) is 4.76. The molecule has 0 atom stereocenters. The zero-order valence-electron chi connectivity index (χ0n) is 15.3. The second-order valence-corrected chi connectivity index (χ2v) is 7.72. The maximum atomic E-state index is 5.63.